The smallest absolute Gasteiger partial charge is 0.288 e. The van der Waals surface area contributed by atoms with Gasteiger partial charge < -0.3 is 5.32 Å². The van der Waals surface area contributed by atoms with E-state index in [0.29, 0.717) is 12.4 Å². The van der Waals surface area contributed by atoms with Crippen molar-refractivity contribution in [2.75, 3.05) is 5.32 Å². The first-order chi connectivity index (χ1) is 14.0. The summed E-state index contributed by atoms with van der Waals surface area (Å²) >= 11 is 5.81. The molecule has 0 saturated carbocycles. The number of hydrogen-bond donors (Lipinski definition) is 1. The molecule has 0 fully saturated rings. The molecular formula is C21H15ClN4O3. The minimum absolute atomic E-state index is 0.0208. The lowest BCUT2D eigenvalue weighted by Crippen LogP contribution is -2.16. The standard InChI is InChI=1S/C21H15ClN4O3/c22-18-9-8-15(12-19(18)26(28)29)21(27)24-20-10-11-23-25(20)13-16-6-3-5-14-4-1-2-7-17(14)16/h1-12H,13H2,(H,24,27). The number of rotatable bonds is 5. The van der Waals surface area contributed by atoms with Crippen LogP contribution in [0.15, 0.2) is 72.9 Å². The fourth-order valence-corrected chi connectivity index (χ4v) is 3.33. The fraction of sp³-hybridized carbons (Fsp3) is 0.0476. The molecule has 0 aliphatic carbocycles. The van der Waals surface area contributed by atoms with E-state index in [-0.39, 0.29) is 16.3 Å². The number of carbonyl (C=O) groups excluding carboxylic acids is 1. The van der Waals surface area contributed by atoms with Crippen LogP contribution in [0.25, 0.3) is 10.8 Å². The van der Waals surface area contributed by atoms with Crippen molar-refractivity contribution >= 4 is 39.8 Å². The van der Waals surface area contributed by atoms with E-state index in [1.807, 2.05) is 42.5 Å². The Kier molecular flexibility index (Phi) is 4.97. The third kappa shape index (κ3) is 3.81. The zero-order chi connectivity index (χ0) is 20.4. The maximum atomic E-state index is 12.6. The predicted octanol–water partition coefficient (Wildman–Crippen LogP) is 4.90. The molecule has 0 unspecified atom stereocenters. The van der Waals surface area contributed by atoms with E-state index < -0.39 is 10.8 Å². The number of amides is 1. The highest BCUT2D eigenvalue weighted by molar-refractivity contribution is 6.32. The number of nitro groups is 1. The average Bonchev–Trinajstić information content (AvgIpc) is 3.15. The Morgan fingerprint density at radius 2 is 1.90 bits per heavy atom. The Morgan fingerprint density at radius 1 is 1.10 bits per heavy atom. The molecule has 0 radical (unpaired) electrons. The molecule has 4 aromatic rings. The van der Waals surface area contributed by atoms with Crippen LogP contribution in [0.2, 0.25) is 5.02 Å². The number of fused-ring (bicyclic) bond motifs is 1. The number of anilines is 1. The van der Waals surface area contributed by atoms with Crippen molar-refractivity contribution in [2.24, 2.45) is 0 Å². The number of carbonyl (C=O) groups is 1. The largest absolute Gasteiger partial charge is 0.307 e. The van der Waals surface area contributed by atoms with Crippen LogP contribution in [0.4, 0.5) is 11.5 Å². The molecule has 0 bridgehead atoms. The van der Waals surface area contributed by atoms with E-state index in [1.54, 1.807) is 16.9 Å². The molecule has 1 heterocycles. The van der Waals surface area contributed by atoms with Gasteiger partial charge in [0.1, 0.15) is 10.8 Å². The summed E-state index contributed by atoms with van der Waals surface area (Å²) in [5.41, 5.74) is 0.882. The van der Waals surface area contributed by atoms with Crippen molar-refractivity contribution in [2.45, 2.75) is 6.54 Å². The summed E-state index contributed by atoms with van der Waals surface area (Å²) in [5, 5.41) is 20.3. The van der Waals surface area contributed by atoms with Crippen LogP contribution >= 0.6 is 11.6 Å². The molecule has 144 valence electrons. The second-order valence-electron chi connectivity index (χ2n) is 6.39. The number of nitrogens with zero attached hydrogens (tertiary/aromatic N) is 3. The second-order valence-corrected chi connectivity index (χ2v) is 6.80. The number of benzene rings is 3. The topological polar surface area (TPSA) is 90.1 Å². The highest BCUT2D eigenvalue weighted by atomic mass is 35.5. The van der Waals surface area contributed by atoms with Gasteiger partial charge in [0.2, 0.25) is 0 Å². The van der Waals surface area contributed by atoms with Crippen molar-refractivity contribution in [1.29, 1.82) is 0 Å². The van der Waals surface area contributed by atoms with Crippen LogP contribution in [0.3, 0.4) is 0 Å². The lowest BCUT2D eigenvalue weighted by atomic mass is 10.0. The van der Waals surface area contributed by atoms with Gasteiger partial charge in [-0.2, -0.15) is 5.10 Å². The Hall–Kier alpha value is -3.71. The number of halogens is 1. The molecule has 4 rings (SSSR count). The molecule has 7 nitrogen and oxygen atoms in total. The average molecular weight is 407 g/mol. The van der Waals surface area contributed by atoms with E-state index >= 15 is 0 Å². The van der Waals surface area contributed by atoms with Gasteiger partial charge in [0.15, 0.2) is 0 Å². The van der Waals surface area contributed by atoms with Gasteiger partial charge in [-0.25, -0.2) is 4.68 Å². The molecule has 0 saturated heterocycles. The van der Waals surface area contributed by atoms with Crippen LogP contribution in [0, 0.1) is 10.1 Å². The predicted molar refractivity (Wildman–Crippen MR) is 111 cm³/mol. The summed E-state index contributed by atoms with van der Waals surface area (Å²) in [6.45, 7) is 0.463. The quantitative estimate of drug-likeness (QED) is 0.377. The summed E-state index contributed by atoms with van der Waals surface area (Å²) in [6.07, 6.45) is 1.59. The van der Waals surface area contributed by atoms with Crippen molar-refractivity contribution in [3.8, 4) is 0 Å². The van der Waals surface area contributed by atoms with Gasteiger partial charge in [-0.3, -0.25) is 14.9 Å². The SMILES string of the molecule is O=C(Nc1ccnn1Cc1cccc2ccccc12)c1ccc(Cl)c([N+](=O)[O-])c1. The maximum Gasteiger partial charge on any atom is 0.288 e. The first-order valence-electron chi connectivity index (χ1n) is 8.76. The fourth-order valence-electron chi connectivity index (χ4n) is 3.14. The normalized spacial score (nSPS) is 10.8. The number of aromatic nitrogens is 2. The van der Waals surface area contributed by atoms with Crippen LogP contribution < -0.4 is 5.32 Å². The summed E-state index contributed by atoms with van der Waals surface area (Å²) in [5.74, 6) is 0.00461. The van der Waals surface area contributed by atoms with Crippen molar-refractivity contribution in [1.82, 2.24) is 9.78 Å². The van der Waals surface area contributed by atoms with E-state index in [0.717, 1.165) is 22.4 Å². The van der Waals surface area contributed by atoms with E-state index in [1.165, 1.54) is 12.1 Å². The third-order valence-electron chi connectivity index (χ3n) is 4.56. The molecule has 1 amide bonds. The number of hydrogen-bond acceptors (Lipinski definition) is 4. The van der Waals surface area contributed by atoms with Gasteiger partial charge in [0, 0.05) is 17.7 Å². The zero-order valence-corrected chi connectivity index (χ0v) is 15.8. The Balaban J connectivity index is 1.59. The monoisotopic (exact) mass is 406 g/mol. The summed E-state index contributed by atoms with van der Waals surface area (Å²) in [7, 11) is 0. The number of nitro benzene ring substituents is 1. The minimum Gasteiger partial charge on any atom is -0.307 e. The molecule has 0 aliphatic heterocycles. The van der Waals surface area contributed by atoms with Gasteiger partial charge in [-0.05, 0) is 28.5 Å². The van der Waals surface area contributed by atoms with Crippen molar-refractivity contribution in [3.63, 3.8) is 0 Å². The Morgan fingerprint density at radius 3 is 2.72 bits per heavy atom. The Bertz CT molecular complexity index is 1230. The summed E-state index contributed by atoms with van der Waals surface area (Å²) in [6, 6.07) is 19.7. The molecule has 0 spiro atoms. The molecule has 0 atom stereocenters. The van der Waals surface area contributed by atoms with Crippen LogP contribution in [0.5, 0.6) is 0 Å². The van der Waals surface area contributed by atoms with Crippen LogP contribution in [-0.4, -0.2) is 20.6 Å². The molecule has 3 aromatic carbocycles. The molecule has 1 N–H and O–H groups in total. The first kappa shape index (κ1) is 18.6. The van der Waals surface area contributed by atoms with E-state index in [4.69, 9.17) is 11.6 Å². The zero-order valence-electron chi connectivity index (χ0n) is 15.1. The lowest BCUT2D eigenvalue weighted by Gasteiger charge is -2.11. The molecular weight excluding hydrogens is 392 g/mol. The highest BCUT2D eigenvalue weighted by Gasteiger charge is 2.17. The number of nitrogens with one attached hydrogen (secondary N) is 1. The van der Waals surface area contributed by atoms with Crippen LogP contribution in [-0.2, 0) is 6.54 Å². The molecule has 0 aliphatic rings. The van der Waals surface area contributed by atoms with E-state index in [2.05, 4.69) is 10.4 Å². The molecule has 1 aromatic heterocycles. The van der Waals surface area contributed by atoms with E-state index in [9.17, 15) is 14.9 Å². The van der Waals surface area contributed by atoms with Gasteiger partial charge in [0.05, 0.1) is 17.7 Å². The maximum absolute atomic E-state index is 12.6. The van der Waals surface area contributed by atoms with Crippen LogP contribution in [0.1, 0.15) is 15.9 Å². The van der Waals surface area contributed by atoms with Crippen molar-refractivity contribution < 1.29 is 9.72 Å². The summed E-state index contributed by atoms with van der Waals surface area (Å²) in [4.78, 5) is 23.0. The van der Waals surface area contributed by atoms with Crippen molar-refractivity contribution in [3.05, 3.63) is 99.2 Å². The van der Waals surface area contributed by atoms with Gasteiger partial charge in [0.25, 0.3) is 11.6 Å². The van der Waals surface area contributed by atoms with Gasteiger partial charge >= 0.3 is 0 Å². The highest BCUT2D eigenvalue weighted by Crippen LogP contribution is 2.26. The first-order valence-corrected chi connectivity index (χ1v) is 9.14. The molecule has 29 heavy (non-hydrogen) atoms. The lowest BCUT2D eigenvalue weighted by molar-refractivity contribution is -0.384. The van der Waals surface area contributed by atoms with Gasteiger partial charge in [-0.15, -0.1) is 0 Å². The second kappa shape index (κ2) is 7.73. The Labute approximate surface area is 170 Å². The minimum atomic E-state index is -0.621. The van der Waals surface area contributed by atoms with Gasteiger partial charge in [-0.1, -0.05) is 54.1 Å². The summed E-state index contributed by atoms with van der Waals surface area (Å²) < 4.78 is 1.67. The molecule has 8 heteroatoms. The third-order valence-corrected chi connectivity index (χ3v) is 4.88.